The lowest BCUT2D eigenvalue weighted by atomic mass is 10.1. The van der Waals surface area contributed by atoms with Crippen molar-refractivity contribution in [1.29, 1.82) is 0 Å². The lowest BCUT2D eigenvalue weighted by Gasteiger charge is -2.16. The van der Waals surface area contributed by atoms with Gasteiger partial charge in [-0.05, 0) is 19.4 Å². The summed E-state index contributed by atoms with van der Waals surface area (Å²) in [7, 11) is 0. The molecule has 0 saturated heterocycles. The maximum Gasteiger partial charge on any atom is 0.275 e. The van der Waals surface area contributed by atoms with Crippen LogP contribution in [0.5, 0.6) is 0 Å². The Balaban J connectivity index is 1.66. The second kappa shape index (κ2) is 8.57. The first-order chi connectivity index (χ1) is 14.6. The molecule has 0 aliphatic heterocycles. The highest BCUT2D eigenvalue weighted by atomic mass is 16.5. The molecule has 1 unspecified atom stereocenters. The molecule has 7 nitrogen and oxygen atoms in total. The third kappa shape index (κ3) is 4.52. The predicted octanol–water partition coefficient (Wildman–Crippen LogP) is 4.87. The molecule has 2 heterocycles. The van der Waals surface area contributed by atoms with Crippen molar-refractivity contribution in [2.75, 3.05) is 10.6 Å². The van der Waals surface area contributed by atoms with Crippen LogP contribution in [0.2, 0.25) is 0 Å². The second-order valence-electron chi connectivity index (χ2n) is 6.88. The van der Waals surface area contributed by atoms with Crippen molar-refractivity contribution in [3.63, 3.8) is 0 Å². The maximum absolute atomic E-state index is 12.8. The molecule has 0 spiro atoms. The van der Waals surface area contributed by atoms with E-state index in [1.807, 2.05) is 67.6 Å². The van der Waals surface area contributed by atoms with Crippen LogP contribution in [0.4, 0.5) is 11.6 Å². The highest BCUT2D eigenvalue weighted by Gasteiger charge is 2.16. The number of hydrogen-bond acceptors (Lipinski definition) is 6. The average Bonchev–Trinajstić information content (AvgIpc) is 3.19. The van der Waals surface area contributed by atoms with Crippen molar-refractivity contribution >= 4 is 17.5 Å². The lowest BCUT2D eigenvalue weighted by molar-refractivity contribution is 0.102. The quantitative estimate of drug-likeness (QED) is 0.481. The summed E-state index contributed by atoms with van der Waals surface area (Å²) in [6.07, 6.45) is 0. The molecule has 4 rings (SSSR count). The van der Waals surface area contributed by atoms with Gasteiger partial charge in [-0.3, -0.25) is 4.79 Å². The fraction of sp³-hybridized carbons (Fsp3) is 0.130. The molecule has 30 heavy (non-hydrogen) atoms. The van der Waals surface area contributed by atoms with E-state index < -0.39 is 5.91 Å². The molecule has 1 atom stereocenters. The van der Waals surface area contributed by atoms with Gasteiger partial charge in [-0.25, -0.2) is 9.97 Å². The molecule has 2 aromatic heterocycles. The predicted molar refractivity (Wildman–Crippen MR) is 115 cm³/mol. The third-order valence-corrected chi connectivity index (χ3v) is 4.52. The minimum atomic E-state index is -0.390. The van der Waals surface area contributed by atoms with Gasteiger partial charge in [-0.15, -0.1) is 0 Å². The summed E-state index contributed by atoms with van der Waals surface area (Å²) in [5.41, 5.74) is 2.16. The summed E-state index contributed by atoms with van der Waals surface area (Å²) in [6.45, 7) is 3.80. The molecule has 0 radical (unpaired) electrons. The molecule has 1 amide bonds. The summed E-state index contributed by atoms with van der Waals surface area (Å²) >= 11 is 0. The van der Waals surface area contributed by atoms with Crippen LogP contribution in [0.15, 0.2) is 77.3 Å². The zero-order valence-electron chi connectivity index (χ0n) is 16.7. The number of nitrogens with zero attached hydrogens (tertiary/aromatic N) is 3. The Labute approximate surface area is 174 Å². The molecule has 0 aliphatic carbocycles. The van der Waals surface area contributed by atoms with Crippen molar-refractivity contribution in [1.82, 2.24) is 15.1 Å². The van der Waals surface area contributed by atoms with E-state index in [1.54, 1.807) is 19.1 Å². The number of carbonyl (C=O) groups is 1. The first-order valence-electron chi connectivity index (χ1n) is 9.59. The summed E-state index contributed by atoms with van der Waals surface area (Å²) in [4.78, 5) is 21.9. The number of benzene rings is 2. The summed E-state index contributed by atoms with van der Waals surface area (Å²) in [6, 6.07) is 22.8. The van der Waals surface area contributed by atoms with E-state index in [0.717, 1.165) is 11.1 Å². The minimum absolute atomic E-state index is 0.00109. The Morgan fingerprint density at radius 2 is 1.63 bits per heavy atom. The first-order valence-corrected chi connectivity index (χ1v) is 9.59. The van der Waals surface area contributed by atoms with Crippen LogP contribution in [-0.2, 0) is 0 Å². The van der Waals surface area contributed by atoms with Crippen LogP contribution in [0, 0.1) is 6.92 Å². The summed E-state index contributed by atoms with van der Waals surface area (Å²) < 4.78 is 5.01. The Morgan fingerprint density at radius 1 is 0.933 bits per heavy atom. The molecular weight excluding hydrogens is 378 g/mol. The van der Waals surface area contributed by atoms with Gasteiger partial charge in [0.1, 0.15) is 17.3 Å². The van der Waals surface area contributed by atoms with E-state index in [9.17, 15) is 4.79 Å². The van der Waals surface area contributed by atoms with Crippen molar-refractivity contribution in [2.24, 2.45) is 0 Å². The maximum atomic E-state index is 12.8. The van der Waals surface area contributed by atoms with Gasteiger partial charge >= 0.3 is 0 Å². The van der Waals surface area contributed by atoms with Gasteiger partial charge in [0.25, 0.3) is 5.91 Å². The topological polar surface area (TPSA) is 92.9 Å². The highest BCUT2D eigenvalue weighted by Crippen LogP contribution is 2.22. The number of rotatable bonds is 6. The lowest BCUT2D eigenvalue weighted by Crippen LogP contribution is -2.16. The number of nitrogens with one attached hydrogen (secondary N) is 2. The summed E-state index contributed by atoms with van der Waals surface area (Å²) in [5.74, 6) is 1.57. The van der Waals surface area contributed by atoms with Crippen LogP contribution in [0.3, 0.4) is 0 Å². The largest absolute Gasteiger partial charge is 0.363 e. The number of aryl methyl sites for hydroxylation is 1. The van der Waals surface area contributed by atoms with Gasteiger partial charge in [0.15, 0.2) is 11.6 Å². The van der Waals surface area contributed by atoms with Crippen LogP contribution in [-0.4, -0.2) is 21.0 Å². The standard InChI is InChI=1S/C23H21N5O2/c1-15-13-21(28-30-15)27-23(29)19-14-20(24-16(2)17-9-5-3-6-10-17)26-22(25-19)18-11-7-4-8-12-18/h3-14,16H,1-2H3,(H,24,25,26)(H,27,28,29). The Bertz CT molecular complexity index is 1140. The number of amides is 1. The van der Waals surface area contributed by atoms with Gasteiger partial charge in [0.05, 0.1) is 0 Å². The third-order valence-electron chi connectivity index (χ3n) is 4.52. The monoisotopic (exact) mass is 399 g/mol. The molecule has 4 aromatic rings. The molecule has 0 saturated carbocycles. The fourth-order valence-corrected chi connectivity index (χ4v) is 3.01. The number of anilines is 2. The van der Waals surface area contributed by atoms with Crippen molar-refractivity contribution < 1.29 is 9.32 Å². The Kier molecular flexibility index (Phi) is 5.52. The Morgan fingerprint density at radius 3 is 2.30 bits per heavy atom. The van der Waals surface area contributed by atoms with Gasteiger partial charge in [0, 0.05) is 23.7 Å². The zero-order chi connectivity index (χ0) is 20.9. The van der Waals surface area contributed by atoms with Crippen molar-refractivity contribution in [3.05, 3.63) is 89.8 Å². The fourth-order valence-electron chi connectivity index (χ4n) is 3.01. The summed E-state index contributed by atoms with van der Waals surface area (Å²) in [5, 5.41) is 9.88. The number of carbonyl (C=O) groups excluding carboxylic acids is 1. The van der Waals surface area contributed by atoms with Crippen LogP contribution in [0.1, 0.15) is 34.8 Å². The SMILES string of the molecule is Cc1cc(NC(=O)c2cc(NC(C)c3ccccc3)nc(-c3ccccc3)n2)no1. The number of hydrogen-bond donors (Lipinski definition) is 2. The molecule has 7 heteroatoms. The van der Waals surface area contributed by atoms with E-state index in [-0.39, 0.29) is 11.7 Å². The van der Waals surface area contributed by atoms with Crippen LogP contribution in [0.25, 0.3) is 11.4 Å². The van der Waals surface area contributed by atoms with Crippen molar-refractivity contribution in [3.8, 4) is 11.4 Å². The van der Waals surface area contributed by atoms with Gasteiger partial charge < -0.3 is 15.2 Å². The van der Waals surface area contributed by atoms with E-state index in [1.165, 1.54) is 0 Å². The Hall–Kier alpha value is -4.00. The van der Waals surface area contributed by atoms with E-state index in [0.29, 0.717) is 23.2 Å². The number of aromatic nitrogens is 3. The first kappa shape index (κ1) is 19.3. The molecule has 2 aromatic carbocycles. The molecular formula is C23H21N5O2. The van der Waals surface area contributed by atoms with Gasteiger partial charge in [-0.2, -0.15) is 0 Å². The van der Waals surface area contributed by atoms with E-state index in [4.69, 9.17) is 4.52 Å². The molecule has 150 valence electrons. The average molecular weight is 399 g/mol. The van der Waals surface area contributed by atoms with Gasteiger partial charge in [0.2, 0.25) is 0 Å². The van der Waals surface area contributed by atoms with Crippen LogP contribution < -0.4 is 10.6 Å². The molecule has 0 bridgehead atoms. The van der Waals surface area contributed by atoms with Crippen LogP contribution >= 0.6 is 0 Å². The highest BCUT2D eigenvalue weighted by molar-refractivity contribution is 6.03. The molecule has 0 fully saturated rings. The molecule has 2 N–H and O–H groups in total. The zero-order valence-corrected chi connectivity index (χ0v) is 16.7. The molecule has 0 aliphatic rings. The van der Waals surface area contributed by atoms with E-state index in [2.05, 4.69) is 25.8 Å². The minimum Gasteiger partial charge on any atom is -0.363 e. The van der Waals surface area contributed by atoms with Crippen molar-refractivity contribution in [2.45, 2.75) is 19.9 Å². The smallest absolute Gasteiger partial charge is 0.275 e. The van der Waals surface area contributed by atoms with E-state index >= 15 is 0 Å². The van der Waals surface area contributed by atoms with Gasteiger partial charge in [-0.1, -0.05) is 65.8 Å². The second-order valence-corrected chi connectivity index (χ2v) is 6.88. The normalized spacial score (nSPS) is 11.7.